The van der Waals surface area contributed by atoms with Crippen LogP contribution < -0.4 is 5.32 Å². The van der Waals surface area contributed by atoms with E-state index in [0.29, 0.717) is 12.5 Å². The smallest absolute Gasteiger partial charge is 0.244 e. The van der Waals surface area contributed by atoms with Gasteiger partial charge in [0, 0.05) is 12.6 Å². The summed E-state index contributed by atoms with van der Waals surface area (Å²) < 4.78 is 0. The normalized spacial score (nSPS) is 20.3. The number of hydrogen-bond donors (Lipinski definition) is 1. The largest absolute Gasteiger partial charge is 0.348 e. The van der Waals surface area contributed by atoms with E-state index in [9.17, 15) is 4.79 Å². The second-order valence-corrected chi connectivity index (χ2v) is 9.12. The molecule has 0 aliphatic heterocycles. The number of rotatable bonds is 7. The van der Waals surface area contributed by atoms with E-state index in [-0.39, 0.29) is 11.3 Å². The van der Waals surface area contributed by atoms with Crippen molar-refractivity contribution in [3.05, 3.63) is 94.6 Å². The zero-order valence-corrected chi connectivity index (χ0v) is 19.5. The van der Waals surface area contributed by atoms with Crippen molar-refractivity contribution >= 4 is 5.91 Å². The lowest BCUT2D eigenvalue weighted by Crippen LogP contribution is -2.23. The van der Waals surface area contributed by atoms with Crippen LogP contribution in [0.4, 0.5) is 0 Å². The van der Waals surface area contributed by atoms with E-state index in [1.807, 2.05) is 49.4 Å². The van der Waals surface area contributed by atoms with Crippen LogP contribution in [0.25, 0.3) is 0 Å². The van der Waals surface area contributed by atoms with E-state index in [0.717, 1.165) is 11.1 Å². The minimum absolute atomic E-state index is 0.0716. The molecule has 0 bridgehead atoms. The van der Waals surface area contributed by atoms with Crippen molar-refractivity contribution in [3.8, 4) is 0 Å². The molecule has 0 heterocycles. The summed E-state index contributed by atoms with van der Waals surface area (Å²) in [4.78, 5) is 12.1. The maximum atomic E-state index is 12.1. The van der Waals surface area contributed by atoms with Gasteiger partial charge in [0.1, 0.15) is 0 Å². The van der Waals surface area contributed by atoms with Crippen molar-refractivity contribution in [1.82, 2.24) is 5.32 Å². The fourth-order valence-electron chi connectivity index (χ4n) is 3.80. The van der Waals surface area contributed by atoms with Gasteiger partial charge in [0.25, 0.3) is 0 Å². The molecule has 1 unspecified atom stereocenters. The molecule has 1 N–H and O–H groups in total. The second-order valence-electron chi connectivity index (χ2n) is 9.12. The maximum absolute atomic E-state index is 12.1. The molecule has 1 aliphatic rings. The molecule has 0 fully saturated rings. The Morgan fingerprint density at radius 3 is 2.53 bits per heavy atom. The minimum atomic E-state index is -0.0716. The molecule has 0 saturated heterocycles. The van der Waals surface area contributed by atoms with Crippen LogP contribution in [-0.2, 0) is 11.3 Å². The second kappa shape index (κ2) is 11.0. The molecule has 1 amide bonds. The molecule has 2 heteroatoms. The van der Waals surface area contributed by atoms with Crippen LogP contribution in [0.1, 0.15) is 59.9 Å². The average molecular weight is 404 g/mol. The lowest BCUT2D eigenvalue weighted by molar-refractivity contribution is -0.116. The van der Waals surface area contributed by atoms with Crippen LogP contribution >= 0.6 is 0 Å². The minimum Gasteiger partial charge on any atom is -0.348 e. The third kappa shape index (κ3) is 7.33. The van der Waals surface area contributed by atoms with E-state index in [1.165, 1.54) is 29.6 Å². The van der Waals surface area contributed by atoms with Gasteiger partial charge in [0.15, 0.2) is 0 Å². The summed E-state index contributed by atoms with van der Waals surface area (Å²) in [7, 11) is 0. The summed E-state index contributed by atoms with van der Waals surface area (Å²) in [6, 6.07) is 9.93. The lowest BCUT2D eigenvalue weighted by atomic mass is 9.69. The fourth-order valence-corrected chi connectivity index (χ4v) is 3.80. The van der Waals surface area contributed by atoms with Gasteiger partial charge in [-0.05, 0) is 61.7 Å². The predicted molar refractivity (Wildman–Crippen MR) is 129 cm³/mol. The molecule has 1 atom stereocenters. The summed E-state index contributed by atoms with van der Waals surface area (Å²) in [6.07, 6.45) is 14.7. The number of amides is 1. The fraction of sp³-hybridized carbons (Fsp3) is 0.393. The first-order valence-electron chi connectivity index (χ1n) is 10.9. The van der Waals surface area contributed by atoms with E-state index in [1.54, 1.807) is 6.08 Å². The molecule has 30 heavy (non-hydrogen) atoms. The third-order valence-corrected chi connectivity index (χ3v) is 5.99. The Kier molecular flexibility index (Phi) is 8.65. The van der Waals surface area contributed by atoms with Gasteiger partial charge in [0.05, 0.1) is 0 Å². The summed E-state index contributed by atoms with van der Waals surface area (Å²) in [5.74, 6) is 0.598. The summed E-state index contributed by atoms with van der Waals surface area (Å²) in [6.45, 7) is 13.9. The van der Waals surface area contributed by atoms with Crippen molar-refractivity contribution in [2.24, 2.45) is 11.3 Å². The molecule has 2 rings (SSSR count). The first kappa shape index (κ1) is 23.7. The standard InChI is InChI=1S/C28H37NO/c1-21(15-16-26-24(4)23(3)17-18-28(26,5)6)11-10-12-22(2)19-27(30)29-20-25-13-8-7-9-14-25/h7-16,19,23H,17-18,20H2,1-6H3,(H,29,30)/b12-10+,16-15+,21-11+,22-19-. The summed E-state index contributed by atoms with van der Waals surface area (Å²) in [5.41, 5.74) is 6.46. The van der Waals surface area contributed by atoms with Gasteiger partial charge in [-0.3, -0.25) is 4.79 Å². The van der Waals surface area contributed by atoms with Crippen molar-refractivity contribution in [2.45, 2.75) is 60.9 Å². The monoisotopic (exact) mass is 403 g/mol. The quantitative estimate of drug-likeness (QED) is 0.382. The first-order chi connectivity index (χ1) is 14.2. The number of carbonyl (C=O) groups is 1. The van der Waals surface area contributed by atoms with Crippen LogP contribution in [0.15, 0.2) is 89.1 Å². The maximum Gasteiger partial charge on any atom is 0.244 e. The van der Waals surface area contributed by atoms with E-state index >= 15 is 0 Å². The zero-order chi connectivity index (χ0) is 22.1. The van der Waals surface area contributed by atoms with Crippen LogP contribution in [0.5, 0.6) is 0 Å². The van der Waals surface area contributed by atoms with Crippen LogP contribution in [0, 0.1) is 11.3 Å². The molecule has 1 aliphatic carbocycles. The number of nitrogens with one attached hydrogen (secondary N) is 1. The number of carbonyl (C=O) groups excluding carboxylic acids is 1. The Bertz CT molecular complexity index is 878. The summed E-state index contributed by atoms with van der Waals surface area (Å²) in [5, 5.41) is 2.92. The Hall–Kier alpha value is -2.61. The molecule has 1 aromatic rings. The Balaban J connectivity index is 1.93. The first-order valence-corrected chi connectivity index (χ1v) is 10.9. The highest BCUT2D eigenvalue weighted by atomic mass is 16.1. The highest BCUT2D eigenvalue weighted by Gasteiger charge is 2.29. The van der Waals surface area contributed by atoms with Crippen LogP contribution in [0.3, 0.4) is 0 Å². The molecule has 0 saturated carbocycles. The Morgan fingerprint density at radius 1 is 1.13 bits per heavy atom. The molecule has 160 valence electrons. The van der Waals surface area contributed by atoms with Gasteiger partial charge < -0.3 is 5.32 Å². The number of allylic oxidation sites excluding steroid dienone is 9. The SMILES string of the molecule is CC1=C(/C=C/C(C)=C/C=C/C(C)=C\C(=O)NCc2ccccc2)C(C)(C)CCC1C. The van der Waals surface area contributed by atoms with Gasteiger partial charge in [-0.25, -0.2) is 0 Å². The average Bonchev–Trinajstić information content (AvgIpc) is 2.70. The van der Waals surface area contributed by atoms with E-state index < -0.39 is 0 Å². The van der Waals surface area contributed by atoms with Gasteiger partial charge in [0.2, 0.25) is 5.91 Å². The van der Waals surface area contributed by atoms with Crippen molar-refractivity contribution in [2.75, 3.05) is 0 Å². The molecule has 1 aromatic carbocycles. The number of hydrogen-bond acceptors (Lipinski definition) is 1. The molecule has 0 spiro atoms. The van der Waals surface area contributed by atoms with Crippen molar-refractivity contribution in [1.29, 1.82) is 0 Å². The van der Waals surface area contributed by atoms with Gasteiger partial charge in [-0.2, -0.15) is 0 Å². The number of benzene rings is 1. The Labute approximate surface area is 183 Å². The van der Waals surface area contributed by atoms with Crippen LogP contribution in [0.2, 0.25) is 0 Å². The molecule has 2 nitrogen and oxygen atoms in total. The molecule has 0 aromatic heterocycles. The van der Waals surface area contributed by atoms with Gasteiger partial charge in [-0.15, -0.1) is 0 Å². The lowest BCUT2D eigenvalue weighted by Gasteiger charge is -2.36. The highest BCUT2D eigenvalue weighted by molar-refractivity contribution is 5.88. The summed E-state index contributed by atoms with van der Waals surface area (Å²) >= 11 is 0. The van der Waals surface area contributed by atoms with Crippen molar-refractivity contribution in [3.63, 3.8) is 0 Å². The highest BCUT2D eigenvalue weighted by Crippen LogP contribution is 2.43. The van der Waals surface area contributed by atoms with E-state index in [2.05, 4.69) is 58.2 Å². The van der Waals surface area contributed by atoms with Crippen LogP contribution in [-0.4, -0.2) is 5.91 Å². The Morgan fingerprint density at radius 2 is 1.83 bits per heavy atom. The molecule has 0 radical (unpaired) electrons. The zero-order valence-electron chi connectivity index (χ0n) is 19.5. The molecular weight excluding hydrogens is 366 g/mol. The molecular formula is C28H37NO. The third-order valence-electron chi connectivity index (χ3n) is 5.99. The van der Waals surface area contributed by atoms with Crippen molar-refractivity contribution < 1.29 is 4.79 Å². The van der Waals surface area contributed by atoms with Gasteiger partial charge >= 0.3 is 0 Å². The van der Waals surface area contributed by atoms with E-state index in [4.69, 9.17) is 0 Å². The predicted octanol–water partition coefficient (Wildman–Crippen LogP) is 7.08. The van der Waals surface area contributed by atoms with Gasteiger partial charge in [-0.1, -0.05) is 92.6 Å². The topological polar surface area (TPSA) is 29.1 Å².